The molecule has 0 atom stereocenters. The Morgan fingerprint density at radius 3 is 2.53 bits per heavy atom. The van der Waals surface area contributed by atoms with Gasteiger partial charge < -0.3 is 0 Å². The van der Waals surface area contributed by atoms with E-state index in [-0.39, 0.29) is 16.3 Å². The van der Waals surface area contributed by atoms with E-state index in [2.05, 4.69) is 5.10 Å². The van der Waals surface area contributed by atoms with Crippen molar-refractivity contribution in [2.75, 3.05) is 0 Å². The van der Waals surface area contributed by atoms with Gasteiger partial charge in [0.1, 0.15) is 11.6 Å². The second-order valence-corrected chi connectivity index (χ2v) is 6.57. The second-order valence-electron chi connectivity index (χ2n) is 3.68. The summed E-state index contributed by atoms with van der Waals surface area (Å²) in [5.74, 6) is 0. The zero-order chi connectivity index (χ0) is 14.2. The number of hydrogen-bond donors (Lipinski definition) is 0. The van der Waals surface area contributed by atoms with Gasteiger partial charge >= 0.3 is 0 Å². The summed E-state index contributed by atoms with van der Waals surface area (Å²) in [4.78, 5) is 0. The van der Waals surface area contributed by atoms with Crippen LogP contribution < -0.4 is 0 Å². The zero-order valence-corrected chi connectivity index (χ0v) is 12.0. The number of para-hydroxylation sites is 1. The van der Waals surface area contributed by atoms with Crippen molar-refractivity contribution in [3.05, 3.63) is 40.5 Å². The average molecular weight is 316 g/mol. The number of benzene rings is 1. The summed E-state index contributed by atoms with van der Waals surface area (Å²) < 4.78 is 24.4. The summed E-state index contributed by atoms with van der Waals surface area (Å²) >= 11 is 6.00. The van der Waals surface area contributed by atoms with Crippen molar-refractivity contribution in [3.63, 3.8) is 0 Å². The molecule has 2 aromatic rings. The summed E-state index contributed by atoms with van der Waals surface area (Å²) in [6.07, 6.45) is 0. The molecule has 1 heterocycles. The van der Waals surface area contributed by atoms with Crippen LogP contribution in [0.5, 0.6) is 0 Å². The van der Waals surface area contributed by atoms with Crippen molar-refractivity contribution < 1.29 is 8.42 Å². The van der Waals surface area contributed by atoms with E-state index in [1.807, 2.05) is 0 Å². The lowest BCUT2D eigenvalue weighted by Gasteiger charge is -2.06. The molecule has 1 aromatic heterocycles. The third-order valence-corrected chi connectivity index (χ3v) is 4.04. The molecule has 0 unspecified atom stereocenters. The van der Waals surface area contributed by atoms with E-state index in [0.29, 0.717) is 10.7 Å². The van der Waals surface area contributed by atoms with Gasteiger partial charge in [0.15, 0.2) is 5.03 Å². The highest BCUT2D eigenvalue weighted by molar-refractivity contribution is 8.13. The van der Waals surface area contributed by atoms with Crippen LogP contribution in [0.2, 0.25) is 5.02 Å². The minimum atomic E-state index is -4.13. The van der Waals surface area contributed by atoms with E-state index in [9.17, 15) is 8.42 Å². The predicted molar refractivity (Wildman–Crippen MR) is 71.1 cm³/mol. The molecular weight excluding hydrogens is 309 g/mol. The number of halogens is 2. The Kier molecular flexibility index (Phi) is 3.54. The van der Waals surface area contributed by atoms with Crippen molar-refractivity contribution in [2.45, 2.75) is 11.9 Å². The molecule has 1 aromatic carbocycles. The number of aromatic nitrogens is 2. The minimum Gasteiger partial charge on any atom is -0.218 e. The molecule has 0 amide bonds. The lowest BCUT2D eigenvalue weighted by Crippen LogP contribution is -2.06. The molecule has 0 aliphatic rings. The lowest BCUT2D eigenvalue weighted by molar-refractivity contribution is 0.599. The van der Waals surface area contributed by atoms with Crippen LogP contribution in [0, 0.1) is 18.3 Å². The van der Waals surface area contributed by atoms with Crippen molar-refractivity contribution >= 4 is 31.3 Å². The van der Waals surface area contributed by atoms with Crippen molar-refractivity contribution in [1.82, 2.24) is 9.78 Å². The standard InChI is InChI=1S/C11H7Cl2N3O2S/c1-7-8(6-14)11(19(13,17)18)16(15-7)10-5-3-2-4-9(10)12/h2-5H,1H3. The monoisotopic (exact) mass is 315 g/mol. The Morgan fingerprint density at radius 1 is 1.37 bits per heavy atom. The highest BCUT2D eigenvalue weighted by Gasteiger charge is 2.27. The molecule has 2 rings (SSSR count). The molecule has 0 fully saturated rings. The molecule has 19 heavy (non-hydrogen) atoms. The SMILES string of the molecule is Cc1nn(-c2ccccc2Cl)c(S(=O)(=O)Cl)c1C#N. The van der Waals surface area contributed by atoms with Crippen LogP contribution in [0.3, 0.4) is 0 Å². The largest absolute Gasteiger partial charge is 0.280 e. The van der Waals surface area contributed by atoms with E-state index in [1.54, 1.807) is 30.3 Å². The maximum atomic E-state index is 11.6. The zero-order valence-electron chi connectivity index (χ0n) is 9.63. The van der Waals surface area contributed by atoms with Crippen molar-refractivity contribution in [3.8, 4) is 11.8 Å². The van der Waals surface area contributed by atoms with Crippen LogP contribution in [0.4, 0.5) is 0 Å². The molecule has 5 nitrogen and oxygen atoms in total. The maximum Gasteiger partial charge on any atom is 0.280 e. The number of nitriles is 1. The normalized spacial score (nSPS) is 11.3. The first kappa shape index (κ1) is 13.9. The summed E-state index contributed by atoms with van der Waals surface area (Å²) in [7, 11) is 1.25. The topological polar surface area (TPSA) is 75.8 Å². The third kappa shape index (κ3) is 2.45. The van der Waals surface area contributed by atoms with Gasteiger partial charge in [-0.1, -0.05) is 23.7 Å². The Balaban J connectivity index is 2.88. The minimum absolute atomic E-state index is 0.0880. The highest BCUT2D eigenvalue weighted by Crippen LogP contribution is 2.28. The molecule has 0 N–H and O–H groups in total. The summed E-state index contributed by atoms with van der Waals surface area (Å²) in [6, 6.07) is 8.33. The lowest BCUT2D eigenvalue weighted by atomic mass is 10.3. The number of nitrogens with zero attached hydrogens (tertiary/aromatic N) is 3. The average Bonchev–Trinajstić information content (AvgIpc) is 2.66. The quantitative estimate of drug-likeness (QED) is 0.798. The van der Waals surface area contributed by atoms with Crippen LogP contribution in [-0.4, -0.2) is 18.2 Å². The molecule has 0 spiro atoms. The second kappa shape index (κ2) is 4.85. The van der Waals surface area contributed by atoms with Crippen LogP contribution in [0.1, 0.15) is 11.3 Å². The van der Waals surface area contributed by atoms with Gasteiger partial charge in [-0.15, -0.1) is 0 Å². The van der Waals surface area contributed by atoms with Gasteiger partial charge in [-0.3, -0.25) is 0 Å². The Morgan fingerprint density at radius 2 is 2.00 bits per heavy atom. The van der Waals surface area contributed by atoms with Gasteiger partial charge in [0.05, 0.1) is 16.4 Å². The molecule has 98 valence electrons. The van der Waals surface area contributed by atoms with Crippen LogP contribution >= 0.6 is 22.3 Å². The fraction of sp³-hybridized carbons (Fsp3) is 0.0909. The third-order valence-electron chi connectivity index (χ3n) is 2.44. The molecule has 8 heteroatoms. The van der Waals surface area contributed by atoms with Gasteiger partial charge in [-0.2, -0.15) is 10.4 Å². The van der Waals surface area contributed by atoms with Gasteiger partial charge in [0.25, 0.3) is 9.05 Å². The van der Waals surface area contributed by atoms with E-state index >= 15 is 0 Å². The highest BCUT2D eigenvalue weighted by atomic mass is 35.7. The van der Waals surface area contributed by atoms with E-state index < -0.39 is 9.05 Å². The molecule has 0 aliphatic carbocycles. The van der Waals surface area contributed by atoms with Gasteiger partial charge in [-0.05, 0) is 19.1 Å². The number of hydrogen-bond acceptors (Lipinski definition) is 4. The van der Waals surface area contributed by atoms with E-state index in [4.69, 9.17) is 27.5 Å². The van der Waals surface area contributed by atoms with Gasteiger partial charge in [0.2, 0.25) is 0 Å². The van der Waals surface area contributed by atoms with E-state index in [0.717, 1.165) is 4.68 Å². The first-order valence-corrected chi connectivity index (χ1v) is 7.74. The van der Waals surface area contributed by atoms with Crippen LogP contribution in [-0.2, 0) is 9.05 Å². The first-order valence-electron chi connectivity index (χ1n) is 5.05. The maximum absolute atomic E-state index is 11.6. The van der Waals surface area contributed by atoms with Crippen LogP contribution in [0.25, 0.3) is 5.69 Å². The van der Waals surface area contributed by atoms with E-state index in [1.165, 1.54) is 6.92 Å². The van der Waals surface area contributed by atoms with Crippen molar-refractivity contribution in [1.29, 1.82) is 5.26 Å². The smallest absolute Gasteiger partial charge is 0.218 e. The molecular formula is C11H7Cl2N3O2S. The number of aryl methyl sites for hydroxylation is 1. The van der Waals surface area contributed by atoms with Crippen LogP contribution in [0.15, 0.2) is 29.3 Å². The van der Waals surface area contributed by atoms with Gasteiger partial charge in [-0.25, -0.2) is 13.1 Å². The molecule has 0 aliphatic heterocycles. The molecule has 0 saturated carbocycles. The fourth-order valence-electron chi connectivity index (χ4n) is 1.65. The fourth-order valence-corrected chi connectivity index (χ4v) is 3.07. The van der Waals surface area contributed by atoms with Gasteiger partial charge in [0, 0.05) is 10.7 Å². The number of rotatable bonds is 2. The summed E-state index contributed by atoms with van der Waals surface area (Å²) in [6.45, 7) is 1.53. The predicted octanol–water partition coefficient (Wildman–Crippen LogP) is 2.63. The molecule has 0 radical (unpaired) electrons. The molecule has 0 saturated heterocycles. The van der Waals surface area contributed by atoms with Crippen molar-refractivity contribution in [2.24, 2.45) is 0 Å². The summed E-state index contributed by atoms with van der Waals surface area (Å²) in [5.41, 5.74) is 0.518. The Hall–Kier alpha value is -1.55. The molecule has 0 bridgehead atoms. The first-order chi connectivity index (χ1) is 8.86. The Bertz CT molecular complexity index is 791. The Labute approximate surface area is 119 Å². The summed E-state index contributed by atoms with van der Waals surface area (Å²) in [5, 5.41) is 13.0.